The van der Waals surface area contributed by atoms with Crippen LogP contribution >= 0.6 is 0 Å². The van der Waals surface area contributed by atoms with Gasteiger partial charge in [-0.25, -0.2) is 0 Å². The molecule has 7 heteroatoms. The van der Waals surface area contributed by atoms with Crippen molar-refractivity contribution >= 4 is 17.3 Å². The number of nitrogens with one attached hydrogen (secondary N) is 1. The molecule has 28 heavy (non-hydrogen) atoms. The van der Waals surface area contributed by atoms with E-state index in [2.05, 4.69) is 22.2 Å². The lowest BCUT2D eigenvalue weighted by Gasteiger charge is -2.33. The van der Waals surface area contributed by atoms with E-state index >= 15 is 0 Å². The first kappa shape index (κ1) is 19.8. The van der Waals surface area contributed by atoms with Gasteiger partial charge in [-0.1, -0.05) is 31.2 Å². The van der Waals surface area contributed by atoms with Gasteiger partial charge in [-0.05, 0) is 30.3 Å². The van der Waals surface area contributed by atoms with Crippen molar-refractivity contribution in [3.8, 4) is 0 Å². The van der Waals surface area contributed by atoms with Crippen LogP contribution in [0.2, 0.25) is 0 Å². The number of carbonyl (C=O) groups excluding carboxylic acids is 1. The fourth-order valence-corrected chi connectivity index (χ4v) is 3.67. The average molecular weight is 382 g/mol. The van der Waals surface area contributed by atoms with Crippen molar-refractivity contribution in [2.24, 2.45) is 0 Å². The lowest BCUT2D eigenvalue weighted by atomic mass is 9.89. The highest BCUT2D eigenvalue weighted by Crippen LogP contribution is 2.35. The van der Waals surface area contributed by atoms with Crippen LogP contribution in [0.25, 0.3) is 0 Å². The number of rotatable bonds is 5. The van der Waals surface area contributed by atoms with Crippen molar-refractivity contribution in [1.29, 1.82) is 0 Å². The summed E-state index contributed by atoms with van der Waals surface area (Å²) in [7, 11) is 3.65. The van der Waals surface area contributed by atoms with Crippen molar-refractivity contribution < 1.29 is 9.72 Å². The third-order valence-electron chi connectivity index (χ3n) is 5.44. The first-order chi connectivity index (χ1) is 13.4. The van der Waals surface area contributed by atoms with Gasteiger partial charge in [-0.2, -0.15) is 0 Å². The minimum atomic E-state index is -0.311. The van der Waals surface area contributed by atoms with Crippen LogP contribution in [0, 0.1) is 10.1 Å². The Balaban J connectivity index is 1.96. The minimum Gasteiger partial charge on any atom is -0.363 e. The summed E-state index contributed by atoms with van der Waals surface area (Å²) in [4.78, 5) is 27.9. The van der Waals surface area contributed by atoms with Gasteiger partial charge in [-0.3, -0.25) is 14.9 Å². The van der Waals surface area contributed by atoms with E-state index in [1.807, 2.05) is 37.3 Å². The molecule has 1 heterocycles. The summed E-state index contributed by atoms with van der Waals surface area (Å²) in [6.07, 6.45) is 0. The number of benzene rings is 2. The van der Waals surface area contributed by atoms with Gasteiger partial charge >= 0.3 is 0 Å². The highest BCUT2D eigenvalue weighted by Gasteiger charge is 2.25. The van der Waals surface area contributed by atoms with E-state index in [-0.39, 0.29) is 22.4 Å². The summed E-state index contributed by atoms with van der Waals surface area (Å²) >= 11 is 0. The predicted octanol–water partition coefficient (Wildman–Crippen LogP) is 2.86. The van der Waals surface area contributed by atoms with Crippen molar-refractivity contribution in [3.05, 3.63) is 69.3 Å². The topological polar surface area (TPSA) is 78.7 Å². The minimum absolute atomic E-state index is 0.117. The van der Waals surface area contributed by atoms with Gasteiger partial charge in [0.05, 0.1) is 4.92 Å². The Morgan fingerprint density at radius 3 is 2.46 bits per heavy atom. The number of amides is 1. The molecule has 1 saturated heterocycles. The molecule has 7 nitrogen and oxygen atoms in total. The molecule has 0 aromatic heterocycles. The Hall–Kier alpha value is -2.93. The fourth-order valence-electron chi connectivity index (χ4n) is 3.67. The standard InChI is InChI=1S/C21H26N4O3/c1-15(17-6-4-5-7-18(17)21(26)22-2)16-8-9-19(20(14-16)25(27)28)24-12-10-23(3)11-13-24/h4-9,14-15H,10-13H2,1-3H3,(H,22,26). The Morgan fingerprint density at radius 1 is 1.14 bits per heavy atom. The third kappa shape index (κ3) is 3.99. The number of carbonyl (C=O) groups is 1. The van der Waals surface area contributed by atoms with Gasteiger partial charge in [0, 0.05) is 50.8 Å². The van der Waals surface area contributed by atoms with E-state index in [0.717, 1.165) is 37.3 Å². The molecule has 1 fully saturated rings. The van der Waals surface area contributed by atoms with Gasteiger partial charge in [-0.15, -0.1) is 0 Å². The molecule has 0 saturated carbocycles. The maximum atomic E-state index is 12.2. The molecule has 1 unspecified atom stereocenters. The number of piperazine rings is 1. The molecule has 2 aromatic rings. The summed E-state index contributed by atoms with van der Waals surface area (Å²) in [5.41, 5.74) is 3.03. The van der Waals surface area contributed by atoms with Gasteiger partial charge in [0.15, 0.2) is 0 Å². The van der Waals surface area contributed by atoms with Crippen LogP contribution in [-0.2, 0) is 0 Å². The van der Waals surface area contributed by atoms with Crippen LogP contribution in [0.4, 0.5) is 11.4 Å². The molecule has 0 radical (unpaired) electrons. The number of nitro groups is 1. The molecule has 1 aliphatic heterocycles. The second-order valence-electron chi connectivity index (χ2n) is 7.18. The molecule has 3 rings (SSSR count). The summed E-state index contributed by atoms with van der Waals surface area (Å²) in [6, 6.07) is 12.8. The lowest BCUT2D eigenvalue weighted by Crippen LogP contribution is -2.44. The molecule has 1 N–H and O–H groups in total. The lowest BCUT2D eigenvalue weighted by molar-refractivity contribution is -0.384. The van der Waals surface area contributed by atoms with Crippen LogP contribution in [0.1, 0.15) is 34.3 Å². The maximum Gasteiger partial charge on any atom is 0.292 e. The smallest absolute Gasteiger partial charge is 0.292 e. The third-order valence-corrected chi connectivity index (χ3v) is 5.44. The molecule has 0 spiro atoms. The summed E-state index contributed by atoms with van der Waals surface area (Å²) in [6.45, 7) is 5.28. The SMILES string of the molecule is CNC(=O)c1ccccc1C(C)c1ccc(N2CCN(C)CC2)c([N+](=O)[O-])c1. The molecule has 0 aliphatic carbocycles. The first-order valence-electron chi connectivity index (χ1n) is 9.45. The Labute approximate surface area is 165 Å². The molecular formula is C21H26N4O3. The van der Waals surface area contributed by atoms with E-state index in [0.29, 0.717) is 11.3 Å². The van der Waals surface area contributed by atoms with Crippen LogP contribution in [0.5, 0.6) is 0 Å². The number of anilines is 1. The summed E-state index contributed by atoms with van der Waals surface area (Å²) < 4.78 is 0. The molecule has 0 bridgehead atoms. The van der Waals surface area contributed by atoms with Crippen LogP contribution in [0.15, 0.2) is 42.5 Å². The van der Waals surface area contributed by atoms with Gasteiger partial charge in [0.1, 0.15) is 5.69 Å². The summed E-state index contributed by atoms with van der Waals surface area (Å²) in [5, 5.41) is 14.4. The second-order valence-corrected chi connectivity index (χ2v) is 7.18. The van der Waals surface area contributed by atoms with E-state index in [1.165, 1.54) is 0 Å². The monoisotopic (exact) mass is 382 g/mol. The van der Waals surface area contributed by atoms with E-state index in [9.17, 15) is 14.9 Å². The number of nitro benzene ring substituents is 1. The largest absolute Gasteiger partial charge is 0.363 e. The van der Waals surface area contributed by atoms with Crippen LogP contribution in [-0.4, -0.2) is 56.0 Å². The second kappa shape index (κ2) is 8.39. The van der Waals surface area contributed by atoms with Crippen molar-refractivity contribution in [3.63, 3.8) is 0 Å². The van der Waals surface area contributed by atoms with Crippen LogP contribution < -0.4 is 10.2 Å². The maximum absolute atomic E-state index is 12.2. The Morgan fingerprint density at radius 2 is 1.82 bits per heavy atom. The highest BCUT2D eigenvalue weighted by molar-refractivity contribution is 5.95. The molecule has 2 aromatic carbocycles. The van der Waals surface area contributed by atoms with E-state index < -0.39 is 0 Å². The molecular weight excluding hydrogens is 356 g/mol. The van der Waals surface area contributed by atoms with Gasteiger partial charge < -0.3 is 15.1 Å². The summed E-state index contributed by atoms with van der Waals surface area (Å²) in [5.74, 6) is -0.306. The molecule has 148 valence electrons. The highest BCUT2D eigenvalue weighted by atomic mass is 16.6. The number of nitrogens with zero attached hydrogens (tertiary/aromatic N) is 3. The zero-order chi connectivity index (χ0) is 20.3. The molecule has 1 aliphatic rings. The number of likely N-dealkylation sites (N-methyl/N-ethyl adjacent to an activating group) is 1. The fraction of sp³-hybridized carbons (Fsp3) is 0.381. The molecule has 1 amide bonds. The van der Waals surface area contributed by atoms with Crippen molar-refractivity contribution in [2.45, 2.75) is 12.8 Å². The van der Waals surface area contributed by atoms with E-state index in [1.54, 1.807) is 19.2 Å². The van der Waals surface area contributed by atoms with Crippen molar-refractivity contribution in [2.75, 3.05) is 45.2 Å². The van der Waals surface area contributed by atoms with Gasteiger partial charge in [0.25, 0.3) is 11.6 Å². The van der Waals surface area contributed by atoms with Gasteiger partial charge in [0.2, 0.25) is 0 Å². The molecule has 1 atom stereocenters. The number of hydrogen-bond acceptors (Lipinski definition) is 5. The zero-order valence-electron chi connectivity index (χ0n) is 16.5. The predicted molar refractivity (Wildman–Crippen MR) is 110 cm³/mol. The zero-order valence-corrected chi connectivity index (χ0v) is 16.5. The normalized spacial score (nSPS) is 15.9. The number of hydrogen-bond donors (Lipinski definition) is 1. The quantitative estimate of drug-likeness (QED) is 0.635. The Kier molecular flexibility index (Phi) is 5.94. The van der Waals surface area contributed by atoms with Crippen LogP contribution in [0.3, 0.4) is 0 Å². The average Bonchev–Trinajstić information content (AvgIpc) is 2.72. The van der Waals surface area contributed by atoms with E-state index in [4.69, 9.17) is 0 Å². The van der Waals surface area contributed by atoms with Crippen molar-refractivity contribution in [1.82, 2.24) is 10.2 Å². The Bertz CT molecular complexity index is 876. The first-order valence-corrected chi connectivity index (χ1v) is 9.45.